The maximum atomic E-state index is 9.00. The van der Waals surface area contributed by atoms with E-state index in [4.69, 9.17) is 51.2 Å². The van der Waals surface area contributed by atoms with Crippen molar-refractivity contribution >= 4 is 23.9 Å². The maximum Gasteiger partial charge on any atom is 0.300 e. The van der Waals surface area contributed by atoms with Crippen LogP contribution in [0.3, 0.4) is 0 Å². The molecular formula is C17H31N3O8. The Balaban J connectivity index is -0.000000150. The third-order valence-electron chi connectivity index (χ3n) is 1.64. The molecule has 0 radical (unpaired) electrons. The highest BCUT2D eigenvalue weighted by Gasteiger charge is 1.97. The summed E-state index contributed by atoms with van der Waals surface area (Å²) >= 11 is 0. The SMILES string of the molecule is CC(=O)O.CC(=O)O.CC(=O)O.CC(=O)O.NCCN(N)Cc1ccccc1. The molecule has 0 spiro atoms. The first-order chi connectivity index (χ1) is 12.8. The first kappa shape index (κ1) is 32.6. The second-order valence-electron chi connectivity index (χ2n) is 4.82. The number of hydrogen-bond donors (Lipinski definition) is 6. The molecule has 0 saturated carbocycles. The summed E-state index contributed by atoms with van der Waals surface area (Å²) in [6.45, 7) is 6.43. The highest BCUT2D eigenvalue weighted by atomic mass is 16.4. The molecule has 1 aromatic carbocycles. The van der Waals surface area contributed by atoms with Crippen molar-refractivity contribution in [3.63, 3.8) is 0 Å². The summed E-state index contributed by atoms with van der Waals surface area (Å²) in [5.74, 6) is 2.34. The van der Waals surface area contributed by atoms with Gasteiger partial charge < -0.3 is 26.2 Å². The number of carboxylic acid groups (broad SMARTS) is 4. The van der Waals surface area contributed by atoms with Crippen molar-refractivity contribution in [2.24, 2.45) is 11.6 Å². The van der Waals surface area contributed by atoms with E-state index >= 15 is 0 Å². The van der Waals surface area contributed by atoms with Gasteiger partial charge in [-0.3, -0.25) is 25.0 Å². The summed E-state index contributed by atoms with van der Waals surface area (Å²) in [7, 11) is 0. The predicted molar refractivity (Wildman–Crippen MR) is 103 cm³/mol. The van der Waals surface area contributed by atoms with Gasteiger partial charge in [0.2, 0.25) is 0 Å². The summed E-state index contributed by atoms with van der Waals surface area (Å²) in [5.41, 5.74) is 6.58. The van der Waals surface area contributed by atoms with Gasteiger partial charge in [-0.2, -0.15) is 0 Å². The maximum absolute atomic E-state index is 9.00. The topological polar surface area (TPSA) is 204 Å². The number of rotatable bonds is 4. The number of carboxylic acids is 4. The lowest BCUT2D eigenvalue weighted by Gasteiger charge is -2.14. The molecule has 0 bridgehead atoms. The van der Waals surface area contributed by atoms with Crippen LogP contribution in [0.5, 0.6) is 0 Å². The summed E-state index contributed by atoms with van der Waals surface area (Å²) in [4.78, 5) is 36.0. The molecule has 0 aliphatic heterocycles. The van der Waals surface area contributed by atoms with Crippen molar-refractivity contribution < 1.29 is 39.6 Å². The normalized spacial score (nSPS) is 8.11. The minimum absolute atomic E-state index is 0.601. The fourth-order valence-electron chi connectivity index (χ4n) is 1.06. The summed E-state index contributed by atoms with van der Waals surface area (Å²) in [6, 6.07) is 10.1. The largest absolute Gasteiger partial charge is 0.481 e. The van der Waals surface area contributed by atoms with Crippen LogP contribution in [0.15, 0.2) is 30.3 Å². The van der Waals surface area contributed by atoms with Gasteiger partial charge in [-0.05, 0) is 5.56 Å². The van der Waals surface area contributed by atoms with Gasteiger partial charge in [0, 0.05) is 47.3 Å². The van der Waals surface area contributed by atoms with Crippen LogP contribution in [-0.4, -0.2) is 62.4 Å². The van der Waals surface area contributed by atoms with Crippen molar-refractivity contribution in [3.8, 4) is 0 Å². The molecule has 0 aliphatic carbocycles. The monoisotopic (exact) mass is 405 g/mol. The number of nitrogens with zero attached hydrogens (tertiary/aromatic N) is 1. The molecule has 1 aromatic rings. The van der Waals surface area contributed by atoms with Crippen LogP contribution < -0.4 is 11.6 Å². The van der Waals surface area contributed by atoms with Crippen molar-refractivity contribution in [1.29, 1.82) is 0 Å². The molecule has 8 N–H and O–H groups in total. The quantitative estimate of drug-likeness (QED) is 0.303. The van der Waals surface area contributed by atoms with Gasteiger partial charge in [-0.25, -0.2) is 5.01 Å². The Hall–Kier alpha value is -3.02. The van der Waals surface area contributed by atoms with Gasteiger partial charge in [0.1, 0.15) is 0 Å². The number of hydrogen-bond acceptors (Lipinski definition) is 7. The Kier molecular flexibility index (Phi) is 27.9. The minimum atomic E-state index is -0.833. The molecule has 0 amide bonds. The van der Waals surface area contributed by atoms with Gasteiger partial charge in [0.05, 0.1) is 0 Å². The van der Waals surface area contributed by atoms with E-state index in [-0.39, 0.29) is 0 Å². The highest BCUT2D eigenvalue weighted by Crippen LogP contribution is 1.99. The Morgan fingerprint density at radius 3 is 1.32 bits per heavy atom. The zero-order valence-electron chi connectivity index (χ0n) is 16.5. The van der Waals surface area contributed by atoms with E-state index in [0.29, 0.717) is 6.54 Å². The number of benzene rings is 1. The van der Waals surface area contributed by atoms with Crippen LogP contribution >= 0.6 is 0 Å². The summed E-state index contributed by atoms with van der Waals surface area (Å²) in [6.07, 6.45) is 0. The standard InChI is InChI=1S/C9H15N3.4C2H4O2/c10-6-7-12(11)8-9-4-2-1-3-5-9;4*1-2(3)4/h1-5H,6-8,10-11H2;4*1H3,(H,3,4). The second kappa shape index (κ2) is 24.0. The molecule has 0 atom stereocenters. The Morgan fingerprint density at radius 1 is 0.786 bits per heavy atom. The minimum Gasteiger partial charge on any atom is -0.481 e. The van der Waals surface area contributed by atoms with Crippen molar-refractivity contribution in [1.82, 2.24) is 5.01 Å². The van der Waals surface area contributed by atoms with E-state index in [9.17, 15) is 0 Å². The van der Waals surface area contributed by atoms with E-state index in [1.54, 1.807) is 5.01 Å². The summed E-state index contributed by atoms with van der Waals surface area (Å²) in [5, 5.41) is 31.4. The number of aliphatic carboxylic acids is 4. The number of carbonyl (C=O) groups is 4. The van der Waals surface area contributed by atoms with Crippen LogP contribution in [0, 0.1) is 0 Å². The third kappa shape index (κ3) is 77.4. The first-order valence-corrected chi connectivity index (χ1v) is 7.77. The highest BCUT2D eigenvalue weighted by molar-refractivity contribution is 5.63. The van der Waals surface area contributed by atoms with Gasteiger partial charge >= 0.3 is 0 Å². The molecule has 0 unspecified atom stereocenters. The van der Waals surface area contributed by atoms with Gasteiger partial charge in [0.15, 0.2) is 0 Å². The van der Waals surface area contributed by atoms with Crippen LogP contribution in [0.2, 0.25) is 0 Å². The van der Waals surface area contributed by atoms with Crippen LogP contribution in [0.4, 0.5) is 0 Å². The van der Waals surface area contributed by atoms with E-state index < -0.39 is 23.9 Å². The van der Waals surface area contributed by atoms with Crippen LogP contribution in [0.1, 0.15) is 33.3 Å². The Morgan fingerprint density at radius 2 is 1.07 bits per heavy atom. The summed E-state index contributed by atoms with van der Waals surface area (Å²) < 4.78 is 0. The van der Waals surface area contributed by atoms with E-state index in [0.717, 1.165) is 40.8 Å². The van der Waals surface area contributed by atoms with Crippen molar-refractivity contribution in [2.45, 2.75) is 34.2 Å². The zero-order valence-corrected chi connectivity index (χ0v) is 16.5. The fraction of sp³-hybridized carbons (Fsp3) is 0.412. The average Bonchev–Trinajstić information content (AvgIpc) is 2.46. The molecule has 0 saturated heterocycles. The number of nitrogens with two attached hydrogens (primary N) is 2. The lowest BCUT2D eigenvalue weighted by Crippen LogP contribution is -2.34. The van der Waals surface area contributed by atoms with Crippen molar-refractivity contribution in [3.05, 3.63) is 35.9 Å². The molecule has 162 valence electrons. The average molecular weight is 405 g/mol. The van der Waals surface area contributed by atoms with Gasteiger partial charge in [-0.15, -0.1) is 0 Å². The third-order valence-corrected chi connectivity index (χ3v) is 1.64. The smallest absolute Gasteiger partial charge is 0.300 e. The van der Waals surface area contributed by atoms with Gasteiger partial charge in [-0.1, -0.05) is 30.3 Å². The van der Waals surface area contributed by atoms with E-state index in [1.807, 2.05) is 18.2 Å². The van der Waals surface area contributed by atoms with Crippen molar-refractivity contribution in [2.75, 3.05) is 13.1 Å². The molecular weight excluding hydrogens is 374 g/mol. The molecule has 0 heterocycles. The van der Waals surface area contributed by atoms with Crippen LogP contribution in [-0.2, 0) is 25.7 Å². The van der Waals surface area contributed by atoms with Gasteiger partial charge in [0.25, 0.3) is 23.9 Å². The lowest BCUT2D eigenvalue weighted by molar-refractivity contribution is -0.135. The Bertz CT molecular complexity index is 474. The molecule has 0 fully saturated rings. The molecule has 1 rings (SSSR count). The lowest BCUT2D eigenvalue weighted by atomic mass is 10.2. The first-order valence-electron chi connectivity index (χ1n) is 7.77. The molecule has 0 aliphatic rings. The van der Waals surface area contributed by atoms with E-state index in [2.05, 4.69) is 12.1 Å². The fourth-order valence-corrected chi connectivity index (χ4v) is 1.06. The second-order valence-corrected chi connectivity index (χ2v) is 4.82. The number of hydrazine groups is 1. The molecule has 0 aromatic heterocycles. The molecule has 28 heavy (non-hydrogen) atoms. The zero-order chi connectivity index (χ0) is 23.1. The van der Waals surface area contributed by atoms with Crippen LogP contribution in [0.25, 0.3) is 0 Å². The molecule has 11 nitrogen and oxygen atoms in total. The molecule has 11 heteroatoms. The Labute approximate surface area is 164 Å². The van der Waals surface area contributed by atoms with E-state index in [1.165, 1.54) is 5.56 Å². The predicted octanol–water partition coefficient (Wildman–Crippen LogP) is 0.685.